The molecule has 1 N–H and O–H groups in total. The summed E-state index contributed by atoms with van der Waals surface area (Å²) in [6.07, 6.45) is 0. The van der Waals surface area contributed by atoms with Crippen LogP contribution in [-0.4, -0.2) is 31.5 Å². The number of hydrogen-bond acceptors (Lipinski definition) is 6. The SMILES string of the molecule is N#C[C@]1(C(=O)O)[C@H](c2ccc3c(c2)OCO3)[C@H]1S(=O)(=O)c1ccccc1. The van der Waals surface area contributed by atoms with E-state index in [2.05, 4.69) is 0 Å². The Labute approximate surface area is 149 Å². The number of nitrogens with zero attached hydrogens (tertiary/aromatic N) is 1. The van der Waals surface area contributed by atoms with Crippen LogP contribution in [0.5, 0.6) is 11.5 Å². The zero-order chi connectivity index (χ0) is 18.5. The summed E-state index contributed by atoms with van der Waals surface area (Å²) in [5, 5.41) is 17.9. The molecule has 1 fully saturated rings. The van der Waals surface area contributed by atoms with Gasteiger partial charge in [0.1, 0.15) is 5.25 Å². The highest BCUT2D eigenvalue weighted by Gasteiger charge is 2.77. The number of sulfone groups is 1. The fraction of sp³-hybridized carbons (Fsp3) is 0.222. The second-order valence-electron chi connectivity index (χ2n) is 6.16. The Morgan fingerprint density at radius 3 is 2.50 bits per heavy atom. The number of carboxylic acids is 1. The molecule has 0 unspecified atom stereocenters. The third-order valence-corrected chi connectivity index (χ3v) is 7.08. The molecular weight excluding hydrogens is 358 g/mol. The first-order chi connectivity index (χ1) is 12.4. The number of nitriles is 1. The zero-order valence-corrected chi connectivity index (χ0v) is 14.1. The first kappa shape index (κ1) is 16.4. The van der Waals surface area contributed by atoms with Crippen LogP contribution in [0.1, 0.15) is 11.5 Å². The molecule has 2 aromatic carbocycles. The molecule has 3 atom stereocenters. The van der Waals surface area contributed by atoms with Crippen molar-refractivity contribution in [2.75, 3.05) is 6.79 Å². The number of ether oxygens (including phenoxy) is 2. The van der Waals surface area contributed by atoms with E-state index in [0.29, 0.717) is 17.1 Å². The highest BCUT2D eigenvalue weighted by atomic mass is 32.2. The molecule has 2 aromatic rings. The molecule has 1 saturated carbocycles. The maximum absolute atomic E-state index is 13.0. The molecule has 26 heavy (non-hydrogen) atoms. The second-order valence-corrected chi connectivity index (χ2v) is 8.22. The van der Waals surface area contributed by atoms with Crippen molar-refractivity contribution in [3.8, 4) is 17.6 Å². The van der Waals surface area contributed by atoms with Gasteiger partial charge in [-0.2, -0.15) is 5.26 Å². The normalized spacial score (nSPS) is 26.1. The Bertz CT molecular complexity index is 1040. The average Bonchev–Trinajstić information content (AvgIpc) is 3.15. The number of benzene rings is 2. The molecule has 7 nitrogen and oxygen atoms in total. The molecule has 2 aliphatic rings. The predicted molar refractivity (Wildman–Crippen MR) is 88.4 cm³/mol. The van der Waals surface area contributed by atoms with E-state index < -0.39 is 32.4 Å². The Hall–Kier alpha value is -3.05. The largest absolute Gasteiger partial charge is 0.480 e. The second kappa shape index (κ2) is 5.47. The van der Waals surface area contributed by atoms with Gasteiger partial charge in [0.15, 0.2) is 26.8 Å². The fourth-order valence-corrected chi connectivity index (χ4v) is 5.79. The van der Waals surface area contributed by atoms with Crippen molar-refractivity contribution in [1.29, 1.82) is 5.26 Å². The van der Waals surface area contributed by atoms with Gasteiger partial charge in [0, 0.05) is 5.92 Å². The van der Waals surface area contributed by atoms with Crippen LogP contribution >= 0.6 is 0 Å². The molecule has 0 spiro atoms. The summed E-state index contributed by atoms with van der Waals surface area (Å²) in [6.45, 7) is 0.0392. The molecule has 132 valence electrons. The van der Waals surface area contributed by atoms with Crippen LogP contribution in [0.3, 0.4) is 0 Å². The quantitative estimate of drug-likeness (QED) is 0.874. The lowest BCUT2D eigenvalue weighted by Crippen LogP contribution is -2.22. The summed E-state index contributed by atoms with van der Waals surface area (Å²) >= 11 is 0. The number of carboxylic acid groups (broad SMARTS) is 1. The van der Waals surface area contributed by atoms with Crippen molar-refractivity contribution in [3.63, 3.8) is 0 Å². The topological polar surface area (TPSA) is 114 Å². The van der Waals surface area contributed by atoms with Gasteiger partial charge in [0.2, 0.25) is 6.79 Å². The molecular formula is C18H13NO6S. The van der Waals surface area contributed by atoms with E-state index in [0.717, 1.165) is 0 Å². The number of fused-ring (bicyclic) bond motifs is 1. The van der Waals surface area contributed by atoms with Gasteiger partial charge in [-0.15, -0.1) is 0 Å². The van der Waals surface area contributed by atoms with E-state index in [-0.39, 0.29) is 11.7 Å². The summed E-state index contributed by atoms with van der Waals surface area (Å²) < 4.78 is 36.5. The molecule has 0 saturated heterocycles. The van der Waals surface area contributed by atoms with Gasteiger partial charge in [0.25, 0.3) is 0 Å². The van der Waals surface area contributed by atoms with E-state index in [1.54, 1.807) is 42.5 Å². The molecule has 4 rings (SSSR count). The molecule has 0 bridgehead atoms. The van der Waals surface area contributed by atoms with Crippen molar-refractivity contribution >= 4 is 15.8 Å². The Morgan fingerprint density at radius 1 is 1.15 bits per heavy atom. The van der Waals surface area contributed by atoms with Gasteiger partial charge < -0.3 is 14.6 Å². The molecule has 1 aliphatic carbocycles. The maximum Gasteiger partial charge on any atom is 0.326 e. The molecule has 8 heteroatoms. The van der Waals surface area contributed by atoms with Crippen molar-refractivity contribution in [1.82, 2.24) is 0 Å². The van der Waals surface area contributed by atoms with Gasteiger partial charge in [-0.25, -0.2) is 8.42 Å². The van der Waals surface area contributed by atoms with Crippen LogP contribution in [0.2, 0.25) is 0 Å². The van der Waals surface area contributed by atoms with E-state index in [4.69, 9.17) is 9.47 Å². The third kappa shape index (κ3) is 2.10. The first-order valence-electron chi connectivity index (χ1n) is 7.76. The van der Waals surface area contributed by atoms with Crippen LogP contribution in [0, 0.1) is 16.7 Å². The Balaban J connectivity index is 1.83. The number of aliphatic carboxylic acids is 1. The molecule has 1 aliphatic heterocycles. The summed E-state index contributed by atoms with van der Waals surface area (Å²) in [4.78, 5) is 11.9. The number of carbonyl (C=O) groups is 1. The highest BCUT2D eigenvalue weighted by molar-refractivity contribution is 7.92. The van der Waals surface area contributed by atoms with Gasteiger partial charge in [-0.3, -0.25) is 4.79 Å². The van der Waals surface area contributed by atoms with E-state index >= 15 is 0 Å². The van der Waals surface area contributed by atoms with Crippen molar-refractivity contribution in [2.45, 2.75) is 16.1 Å². The van der Waals surface area contributed by atoms with Crippen molar-refractivity contribution < 1.29 is 27.8 Å². The summed E-state index contributed by atoms with van der Waals surface area (Å²) in [5.41, 5.74) is -1.62. The van der Waals surface area contributed by atoms with Crippen molar-refractivity contribution in [2.24, 2.45) is 5.41 Å². The maximum atomic E-state index is 13.0. The van der Waals surface area contributed by atoms with Crippen molar-refractivity contribution in [3.05, 3.63) is 54.1 Å². The molecule has 0 amide bonds. The minimum Gasteiger partial charge on any atom is -0.480 e. The van der Waals surface area contributed by atoms with Crippen LogP contribution in [0.25, 0.3) is 0 Å². The van der Waals surface area contributed by atoms with E-state index in [1.165, 1.54) is 12.1 Å². The Kier molecular flexibility index (Phi) is 3.46. The highest BCUT2D eigenvalue weighted by Crippen LogP contribution is 2.64. The minimum atomic E-state index is -4.02. The van der Waals surface area contributed by atoms with Crippen LogP contribution < -0.4 is 9.47 Å². The monoisotopic (exact) mass is 371 g/mol. The lowest BCUT2D eigenvalue weighted by Gasteiger charge is -2.04. The molecule has 0 radical (unpaired) electrons. The molecule has 1 heterocycles. The van der Waals surface area contributed by atoms with E-state index in [9.17, 15) is 23.6 Å². The summed E-state index contributed by atoms with van der Waals surface area (Å²) in [7, 11) is -4.02. The van der Waals surface area contributed by atoms with E-state index in [1.807, 2.05) is 0 Å². The van der Waals surface area contributed by atoms with Gasteiger partial charge >= 0.3 is 5.97 Å². The number of hydrogen-bond donors (Lipinski definition) is 1. The molecule has 0 aromatic heterocycles. The van der Waals surface area contributed by atoms with Crippen LogP contribution in [-0.2, 0) is 14.6 Å². The predicted octanol–water partition coefficient (Wildman–Crippen LogP) is 1.95. The third-order valence-electron chi connectivity index (χ3n) is 4.83. The number of rotatable bonds is 4. The van der Waals surface area contributed by atoms with Crippen LogP contribution in [0.15, 0.2) is 53.4 Å². The minimum absolute atomic E-state index is 0.00545. The first-order valence-corrected chi connectivity index (χ1v) is 9.30. The fourth-order valence-electron chi connectivity index (χ4n) is 3.52. The Morgan fingerprint density at radius 2 is 1.85 bits per heavy atom. The summed E-state index contributed by atoms with van der Waals surface area (Å²) in [6, 6.07) is 14.0. The van der Waals surface area contributed by atoms with Gasteiger partial charge in [-0.1, -0.05) is 24.3 Å². The lowest BCUT2D eigenvalue weighted by molar-refractivity contribution is -0.141. The standard InChI is InChI=1S/C18H13NO6S/c19-9-18(17(20)21)15(11-6-7-13-14(8-11)25-10-24-13)16(18)26(22,23)12-4-2-1-3-5-12/h1-8,15-16H,10H2,(H,20,21)/t15-,16-,18+/m1/s1. The van der Waals surface area contributed by atoms with Gasteiger partial charge in [0.05, 0.1) is 11.0 Å². The summed E-state index contributed by atoms with van der Waals surface area (Å²) in [5.74, 6) is -1.55. The smallest absolute Gasteiger partial charge is 0.326 e. The average molecular weight is 371 g/mol. The van der Waals surface area contributed by atoms with Gasteiger partial charge in [-0.05, 0) is 29.8 Å². The zero-order valence-electron chi connectivity index (χ0n) is 13.3. The lowest BCUT2D eigenvalue weighted by atomic mass is 10.0. The van der Waals surface area contributed by atoms with Crippen LogP contribution in [0.4, 0.5) is 0 Å².